The molecule has 0 saturated carbocycles. The summed E-state index contributed by atoms with van der Waals surface area (Å²) < 4.78 is 6.06. The number of aryl methyl sites for hydroxylation is 1. The molecule has 0 spiro atoms. The van der Waals surface area contributed by atoms with Crippen LogP contribution in [0.1, 0.15) is 24.5 Å². The summed E-state index contributed by atoms with van der Waals surface area (Å²) in [6.07, 6.45) is 4.31. The molecular weight excluding hydrogens is 386 g/mol. The Kier molecular flexibility index (Phi) is 6.06. The highest BCUT2D eigenvalue weighted by Gasteiger charge is 2.41. The molecule has 2 atom stereocenters. The molecule has 0 radical (unpaired) electrons. The van der Waals surface area contributed by atoms with E-state index in [1.165, 1.54) is 38.3 Å². The lowest BCUT2D eigenvalue weighted by Crippen LogP contribution is -2.50. The van der Waals surface area contributed by atoms with E-state index in [0.717, 1.165) is 12.8 Å². The molecule has 0 saturated heterocycles. The minimum absolute atomic E-state index is 0.275. The van der Waals surface area contributed by atoms with Crippen LogP contribution in [-0.2, 0) is 16.8 Å². The summed E-state index contributed by atoms with van der Waals surface area (Å²) in [5.41, 5.74) is 7.51. The zero-order valence-corrected chi connectivity index (χ0v) is 19.4. The van der Waals surface area contributed by atoms with Gasteiger partial charge in [0.1, 0.15) is 5.60 Å². The van der Waals surface area contributed by atoms with Crippen LogP contribution in [0.15, 0.2) is 71.6 Å². The first-order valence-electron chi connectivity index (χ1n) is 10.6. The molecule has 2 unspecified atom stereocenters. The van der Waals surface area contributed by atoms with Crippen molar-refractivity contribution in [2.24, 2.45) is 0 Å². The summed E-state index contributed by atoms with van der Waals surface area (Å²) in [6.45, 7) is 2.23. The second kappa shape index (κ2) is 8.58. The second-order valence-electron chi connectivity index (χ2n) is 8.51. The third kappa shape index (κ3) is 3.82. The van der Waals surface area contributed by atoms with Crippen LogP contribution in [0.25, 0.3) is 22.3 Å². The van der Waals surface area contributed by atoms with E-state index in [9.17, 15) is 0 Å². The van der Waals surface area contributed by atoms with Gasteiger partial charge < -0.3 is 9.64 Å². The number of nitrogens with zero attached hydrogens (tertiary/aromatic N) is 1. The second-order valence-corrected chi connectivity index (χ2v) is 9.39. The molecule has 0 fully saturated rings. The number of hydrogen-bond donors (Lipinski definition) is 0. The highest BCUT2D eigenvalue weighted by atomic mass is 32.2. The van der Waals surface area contributed by atoms with E-state index in [4.69, 9.17) is 4.74 Å². The Morgan fingerprint density at radius 3 is 1.93 bits per heavy atom. The van der Waals surface area contributed by atoms with E-state index in [0.29, 0.717) is 6.04 Å². The monoisotopic (exact) mass is 417 g/mol. The SMILES string of the molecule is COC1(C)c2ccc(-c3ccc(-c4ccc(SC)cc4)cc3)cc2CCC1N(C)C. The van der Waals surface area contributed by atoms with Crippen molar-refractivity contribution >= 4 is 11.8 Å². The fourth-order valence-electron chi connectivity index (χ4n) is 4.85. The Hall–Kier alpha value is -2.07. The summed E-state index contributed by atoms with van der Waals surface area (Å²) in [5, 5.41) is 0. The van der Waals surface area contributed by atoms with Gasteiger partial charge in [-0.3, -0.25) is 0 Å². The number of benzene rings is 3. The number of methoxy groups -OCH3 is 1. The van der Waals surface area contributed by atoms with Gasteiger partial charge in [-0.25, -0.2) is 0 Å². The number of thioether (sulfide) groups is 1. The van der Waals surface area contributed by atoms with Crippen LogP contribution in [0, 0.1) is 0 Å². The Labute approximate surface area is 185 Å². The molecule has 156 valence electrons. The third-order valence-corrected chi connectivity index (χ3v) is 7.40. The van der Waals surface area contributed by atoms with Gasteiger partial charge in [-0.2, -0.15) is 0 Å². The van der Waals surface area contributed by atoms with Gasteiger partial charge in [0.2, 0.25) is 0 Å². The van der Waals surface area contributed by atoms with Gasteiger partial charge >= 0.3 is 0 Å². The first-order valence-corrected chi connectivity index (χ1v) is 11.8. The van der Waals surface area contributed by atoms with Crippen LogP contribution in [0.5, 0.6) is 0 Å². The molecule has 0 bridgehead atoms. The summed E-state index contributed by atoms with van der Waals surface area (Å²) in [7, 11) is 6.14. The van der Waals surface area contributed by atoms with Crippen molar-refractivity contribution in [1.82, 2.24) is 4.90 Å². The van der Waals surface area contributed by atoms with Gasteiger partial charge in [0.05, 0.1) is 0 Å². The normalized spacial score (nSPS) is 20.9. The lowest BCUT2D eigenvalue weighted by atomic mass is 9.75. The minimum atomic E-state index is -0.275. The van der Waals surface area contributed by atoms with Crippen molar-refractivity contribution in [3.8, 4) is 22.3 Å². The molecule has 0 N–H and O–H groups in total. The van der Waals surface area contributed by atoms with Crippen molar-refractivity contribution in [3.63, 3.8) is 0 Å². The molecule has 3 heteroatoms. The number of likely N-dealkylation sites (N-methyl/N-ethyl adjacent to an activating group) is 1. The topological polar surface area (TPSA) is 12.5 Å². The standard InChI is InChI=1S/C27H31NOS/c1-27(29-4)25-16-12-22(18-23(25)13-17-26(27)28(2)3)21-8-6-19(7-9-21)20-10-14-24(30-5)15-11-20/h6-12,14-16,18,26H,13,17H2,1-5H3. The lowest BCUT2D eigenvalue weighted by molar-refractivity contribution is -0.0686. The van der Waals surface area contributed by atoms with Crippen LogP contribution in [0.2, 0.25) is 0 Å². The van der Waals surface area contributed by atoms with Crippen molar-refractivity contribution in [2.45, 2.75) is 36.3 Å². The number of hydrogen-bond acceptors (Lipinski definition) is 3. The van der Waals surface area contributed by atoms with Gasteiger partial charge in [-0.15, -0.1) is 11.8 Å². The van der Waals surface area contributed by atoms with Crippen LogP contribution in [0.3, 0.4) is 0 Å². The maximum absolute atomic E-state index is 6.06. The average molecular weight is 418 g/mol. The van der Waals surface area contributed by atoms with E-state index in [-0.39, 0.29) is 5.60 Å². The van der Waals surface area contributed by atoms with Crippen LogP contribution >= 0.6 is 11.8 Å². The Balaban J connectivity index is 1.63. The first-order chi connectivity index (χ1) is 14.5. The molecular formula is C27H31NOS. The number of ether oxygens (including phenoxy) is 1. The van der Waals surface area contributed by atoms with Gasteiger partial charge in [0.25, 0.3) is 0 Å². The molecule has 0 amide bonds. The Morgan fingerprint density at radius 2 is 1.40 bits per heavy atom. The van der Waals surface area contributed by atoms with Crippen LogP contribution in [-0.4, -0.2) is 38.4 Å². The molecule has 0 aromatic heterocycles. The molecule has 3 aromatic carbocycles. The molecule has 30 heavy (non-hydrogen) atoms. The van der Waals surface area contributed by atoms with Crippen LogP contribution in [0.4, 0.5) is 0 Å². The van der Waals surface area contributed by atoms with Gasteiger partial charge in [-0.1, -0.05) is 54.6 Å². The fourth-order valence-corrected chi connectivity index (χ4v) is 5.26. The summed E-state index contributed by atoms with van der Waals surface area (Å²) in [4.78, 5) is 3.59. The predicted molar refractivity (Wildman–Crippen MR) is 129 cm³/mol. The average Bonchev–Trinajstić information content (AvgIpc) is 2.79. The quantitative estimate of drug-likeness (QED) is 0.441. The Morgan fingerprint density at radius 1 is 0.867 bits per heavy atom. The van der Waals surface area contributed by atoms with Gasteiger partial charge in [0.15, 0.2) is 0 Å². The summed E-state index contributed by atoms with van der Waals surface area (Å²) in [6, 6.07) is 25.0. The number of rotatable bonds is 5. The minimum Gasteiger partial charge on any atom is -0.372 e. The molecule has 4 rings (SSSR count). The Bertz CT molecular complexity index is 1010. The molecule has 0 heterocycles. The highest BCUT2D eigenvalue weighted by Crippen LogP contribution is 2.41. The van der Waals surface area contributed by atoms with Gasteiger partial charge in [-0.05, 0) is 85.6 Å². The van der Waals surface area contributed by atoms with Crippen molar-refractivity contribution < 1.29 is 4.74 Å². The molecule has 1 aliphatic carbocycles. The van der Waals surface area contributed by atoms with Gasteiger partial charge in [0, 0.05) is 18.0 Å². The highest BCUT2D eigenvalue weighted by molar-refractivity contribution is 7.98. The van der Waals surface area contributed by atoms with E-state index in [1.54, 1.807) is 11.8 Å². The van der Waals surface area contributed by atoms with Crippen molar-refractivity contribution in [2.75, 3.05) is 27.5 Å². The third-order valence-electron chi connectivity index (χ3n) is 6.65. The maximum Gasteiger partial charge on any atom is 0.106 e. The fraction of sp³-hybridized carbons (Fsp3) is 0.333. The summed E-state index contributed by atoms with van der Waals surface area (Å²) in [5.74, 6) is 0. The predicted octanol–water partition coefficient (Wildman–Crippen LogP) is 6.48. The van der Waals surface area contributed by atoms with Crippen molar-refractivity contribution in [3.05, 3.63) is 77.9 Å². The van der Waals surface area contributed by atoms with E-state index in [1.807, 2.05) is 7.11 Å². The molecule has 3 aromatic rings. The smallest absolute Gasteiger partial charge is 0.106 e. The number of fused-ring (bicyclic) bond motifs is 1. The van der Waals surface area contributed by atoms with E-state index in [2.05, 4.69) is 98.9 Å². The first kappa shape index (κ1) is 21.2. The zero-order valence-electron chi connectivity index (χ0n) is 18.6. The van der Waals surface area contributed by atoms with Crippen LogP contribution < -0.4 is 0 Å². The summed E-state index contributed by atoms with van der Waals surface area (Å²) >= 11 is 1.77. The van der Waals surface area contributed by atoms with E-state index >= 15 is 0 Å². The van der Waals surface area contributed by atoms with Crippen molar-refractivity contribution in [1.29, 1.82) is 0 Å². The molecule has 1 aliphatic rings. The maximum atomic E-state index is 6.06. The van der Waals surface area contributed by atoms with E-state index < -0.39 is 0 Å². The zero-order chi connectivity index (χ0) is 21.3. The molecule has 0 aliphatic heterocycles. The molecule has 2 nitrogen and oxygen atoms in total. The lowest BCUT2D eigenvalue weighted by Gasteiger charge is -2.45. The largest absolute Gasteiger partial charge is 0.372 e.